The van der Waals surface area contributed by atoms with Crippen LogP contribution in [0.15, 0.2) is 30.3 Å². The third kappa shape index (κ3) is 2.09. The third-order valence-corrected chi connectivity index (χ3v) is 6.31. The van der Waals surface area contributed by atoms with Crippen molar-refractivity contribution in [3.63, 3.8) is 0 Å². The van der Waals surface area contributed by atoms with Crippen molar-refractivity contribution in [3.05, 3.63) is 50.7 Å². The van der Waals surface area contributed by atoms with Crippen molar-refractivity contribution in [3.8, 4) is 5.75 Å². The van der Waals surface area contributed by atoms with Gasteiger partial charge in [-0.05, 0) is 24.6 Å². The van der Waals surface area contributed by atoms with Crippen LogP contribution in [0, 0.1) is 6.92 Å². The fraction of sp³-hybridized carbons (Fsp3) is 0.286. The Balaban J connectivity index is 1.92. The van der Waals surface area contributed by atoms with E-state index in [0.29, 0.717) is 5.92 Å². The highest BCUT2D eigenvalue weighted by Crippen LogP contribution is 2.48. The lowest BCUT2D eigenvalue weighted by Crippen LogP contribution is -2.06. The van der Waals surface area contributed by atoms with Crippen molar-refractivity contribution < 1.29 is 4.74 Å². The number of benzene rings is 1. The monoisotopic (exact) mass is 342 g/mol. The molecular weight excluding hydrogens is 332 g/mol. The molecule has 1 aliphatic rings. The molecule has 1 aliphatic heterocycles. The molecule has 4 heteroatoms. The highest BCUT2D eigenvalue weighted by molar-refractivity contribution is 9.09. The predicted molar refractivity (Wildman–Crippen MR) is 80.4 cm³/mol. The second kappa shape index (κ2) is 4.87. The van der Waals surface area contributed by atoms with Crippen molar-refractivity contribution in [2.75, 3.05) is 6.61 Å². The van der Waals surface area contributed by atoms with Crippen LogP contribution in [-0.4, -0.2) is 6.61 Å². The van der Waals surface area contributed by atoms with Crippen LogP contribution in [0.5, 0.6) is 5.75 Å². The smallest absolute Gasteiger partial charge is 0.122 e. The lowest BCUT2D eigenvalue weighted by atomic mass is 9.97. The summed E-state index contributed by atoms with van der Waals surface area (Å²) in [6, 6.07) is 10.4. The molecule has 0 amide bonds. The van der Waals surface area contributed by atoms with Crippen LogP contribution in [-0.2, 0) is 0 Å². The van der Waals surface area contributed by atoms with Crippen molar-refractivity contribution in [1.29, 1.82) is 0 Å². The number of para-hydroxylation sites is 1. The van der Waals surface area contributed by atoms with Crippen LogP contribution in [0.3, 0.4) is 0 Å². The van der Waals surface area contributed by atoms with Crippen molar-refractivity contribution >= 4 is 38.9 Å². The molecule has 0 radical (unpaired) electrons. The van der Waals surface area contributed by atoms with Gasteiger partial charge in [-0.15, -0.1) is 11.3 Å². The predicted octanol–water partition coefficient (Wildman–Crippen LogP) is 5.32. The summed E-state index contributed by atoms with van der Waals surface area (Å²) in [5.41, 5.74) is 2.43. The Morgan fingerprint density at radius 1 is 1.44 bits per heavy atom. The summed E-state index contributed by atoms with van der Waals surface area (Å²) >= 11 is 11.6. The van der Waals surface area contributed by atoms with Gasteiger partial charge < -0.3 is 4.74 Å². The molecule has 0 bridgehead atoms. The van der Waals surface area contributed by atoms with Gasteiger partial charge in [0.1, 0.15) is 5.75 Å². The van der Waals surface area contributed by atoms with Crippen molar-refractivity contribution in [1.82, 2.24) is 0 Å². The van der Waals surface area contributed by atoms with Gasteiger partial charge in [0.15, 0.2) is 0 Å². The van der Waals surface area contributed by atoms with Crippen LogP contribution in [0.1, 0.15) is 26.7 Å². The first-order valence-electron chi connectivity index (χ1n) is 5.78. The van der Waals surface area contributed by atoms with Crippen LogP contribution in [0.25, 0.3) is 0 Å². The molecule has 2 aromatic rings. The highest BCUT2D eigenvalue weighted by Gasteiger charge is 2.31. The van der Waals surface area contributed by atoms with Crippen molar-refractivity contribution in [2.24, 2.45) is 0 Å². The van der Waals surface area contributed by atoms with E-state index in [1.54, 1.807) is 11.3 Å². The molecule has 0 N–H and O–H groups in total. The molecule has 3 rings (SSSR count). The third-order valence-electron chi connectivity index (χ3n) is 3.24. The number of thiophene rings is 1. The second-order valence-electron chi connectivity index (χ2n) is 4.46. The van der Waals surface area contributed by atoms with Gasteiger partial charge in [0.25, 0.3) is 0 Å². The Bertz CT molecular complexity index is 561. The summed E-state index contributed by atoms with van der Waals surface area (Å²) in [4.78, 5) is 1.53. The van der Waals surface area contributed by atoms with Gasteiger partial charge in [-0.1, -0.05) is 45.7 Å². The molecule has 2 heterocycles. The van der Waals surface area contributed by atoms with Gasteiger partial charge in [-0.25, -0.2) is 0 Å². The zero-order valence-electron chi connectivity index (χ0n) is 9.82. The number of hydrogen-bond donors (Lipinski definition) is 0. The number of aryl methyl sites for hydroxylation is 1. The minimum Gasteiger partial charge on any atom is -0.493 e. The van der Waals surface area contributed by atoms with Crippen LogP contribution in [0.2, 0.25) is 4.34 Å². The first-order chi connectivity index (χ1) is 8.66. The molecule has 94 valence electrons. The Morgan fingerprint density at radius 2 is 2.22 bits per heavy atom. The summed E-state index contributed by atoms with van der Waals surface area (Å²) in [5.74, 6) is 1.36. The van der Waals surface area contributed by atoms with Gasteiger partial charge in [-0.2, -0.15) is 0 Å². The van der Waals surface area contributed by atoms with Gasteiger partial charge in [0, 0.05) is 16.4 Å². The zero-order valence-corrected chi connectivity index (χ0v) is 13.0. The van der Waals surface area contributed by atoms with Gasteiger partial charge in [0.2, 0.25) is 0 Å². The maximum atomic E-state index is 6.15. The summed E-state index contributed by atoms with van der Waals surface area (Å²) in [6.07, 6.45) is 0. The number of hydrogen-bond acceptors (Lipinski definition) is 2. The Morgan fingerprint density at radius 3 is 2.94 bits per heavy atom. The number of alkyl halides is 1. The first-order valence-corrected chi connectivity index (χ1v) is 7.89. The quantitative estimate of drug-likeness (QED) is 0.670. The molecule has 0 aliphatic carbocycles. The molecule has 1 nitrogen and oxygen atoms in total. The van der Waals surface area contributed by atoms with E-state index in [-0.39, 0.29) is 4.83 Å². The minimum atomic E-state index is 0.261. The molecule has 1 aromatic heterocycles. The average Bonchev–Trinajstić information content (AvgIpc) is 2.93. The fourth-order valence-electron chi connectivity index (χ4n) is 2.25. The summed E-state index contributed by atoms with van der Waals surface area (Å²) in [5, 5.41) is 0. The first kappa shape index (κ1) is 12.5. The molecule has 18 heavy (non-hydrogen) atoms. The molecule has 0 saturated heterocycles. The number of ether oxygens (including phenoxy) is 1. The standard InChI is InChI=1S/C14H12BrClOS/c1-8-6-12(18-14(8)16)13(15)10-7-17-11-5-3-2-4-9(10)11/h2-6,10,13H,7H2,1H3. The van der Waals surface area contributed by atoms with Gasteiger partial charge >= 0.3 is 0 Å². The number of halogens is 2. The normalized spacial score (nSPS) is 19.4. The lowest BCUT2D eigenvalue weighted by Gasteiger charge is -2.14. The summed E-state index contributed by atoms with van der Waals surface area (Å²) in [6.45, 7) is 2.77. The molecular formula is C14H12BrClOS. The van der Waals surface area contributed by atoms with Crippen LogP contribution < -0.4 is 4.74 Å². The van der Waals surface area contributed by atoms with E-state index in [2.05, 4.69) is 34.1 Å². The topological polar surface area (TPSA) is 9.23 Å². The van der Waals surface area contributed by atoms with Crippen LogP contribution in [0.4, 0.5) is 0 Å². The molecule has 0 spiro atoms. The van der Waals surface area contributed by atoms with E-state index >= 15 is 0 Å². The SMILES string of the molecule is Cc1cc(C(Br)C2COc3ccccc32)sc1Cl. The molecule has 0 fully saturated rings. The minimum absolute atomic E-state index is 0.261. The number of fused-ring (bicyclic) bond motifs is 1. The molecule has 2 atom stereocenters. The summed E-state index contributed by atoms with van der Waals surface area (Å²) < 4.78 is 6.61. The van der Waals surface area contributed by atoms with E-state index in [9.17, 15) is 0 Å². The lowest BCUT2D eigenvalue weighted by molar-refractivity contribution is 0.330. The van der Waals surface area contributed by atoms with Crippen LogP contribution >= 0.6 is 38.9 Å². The fourth-order valence-corrected chi connectivity index (χ4v) is 4.36. The molecule has 0 saturated carbocycles. The highest BCUT2D eigenvalue weighted by atomic mass is 79.9. The van der Waals surface area contributed by atoms with Gasteiger partial charge in [-0.3, -0.25) is 0 Å². The Labute approximate surface area is 124 Å². The maximum absolute atomic E-state index is 6.15. The number of rotatable bonds is 2. The van der Waals surface area contributed by atoms with Crippen molar-refractivity contribution in [2.45, 2.75) is 17.7 Å². The Hall–Kier alpha value is -0.510. The average molecular weight is 344 g/mol. The van der Waals surface area contributed by atoms with Gasteiger partial charge in [0.05, 0.1) is 15.8 Å². The van der Waals surface area contributed by atoms with E-state index in [1.807, 2.05) is 19.1 Å². The zero-order chi connectivity index (χ0) is 12.7. The van der Waals surface area contributed by atoms with E-state index in [0.717, 1.165) is 22.3 Å². The molecule has 1 aromatic carbocycles. The largest absolute Gasteiger partial charge is 0.493 e. The second-order valence-corrected chi connectivity index (χ2v) is 7.13. The van der Waals surface area contributed by atoms with E-state index in [4.69, 9.17) is 16.3 Å². The Kier molecular flexibility index (Phi) is 3.39. The van der Waals surface area contributed by atoms with E-state index in [1.165, 1.54) is 10.4 Å². The molecule has 2 unspecified atom stereocenters. The maximum Gasteiger partial charge on any atom is 0.122 e. The van der Waals surface area contributed by atoms with E-state index < -0.39 is 0 Å². The summed E-state index contributed by atoms with van der Waals surface area (Å²) in [7, 11) is 0.